The average molecular weight is 310 g/mol. The monoisotopic (exact) mass is 310 g/mol. The van der Waals surface area contributed by atoms with E-state index in [9.17, 15) is 0 Å². The molecule has 7 heteroatoms. The van der Waals surface area contributed by atoms with Gasteiger partial charge in [0.25, 0.3) is 0 Å². The Hall–Kier alpha value is -1.24. The van der Waals surface area contributed by atoms with Gasteiger partial charge in [0.1, 0.15) is 12.2 Å². The predicted octanol–water partition coefficient (Wildman–Crippen LogP) is 1.29. The first-order valence-corrected chi connectivity index (χ1v) is 8.98. The zero-order chi connectivity index (χ0) is 14.9. The van der Waals surface area contributed by atoms with Gasteiger partial charge in [-0.2, -0.15) is 11.8 Å². The van der Waals surface area contributed by atoms with Crippen LogP contribution in [0, 0.1) is 0 Å². The number of aromatic nitrogens is 3. The van der Waals surface area contributed by atoms with Crippen molar-refractivity contribution in [3.8, 4) is 0 Å². The fourth-order valence-corrected chi connectivity index (χ4v) is 3.45. The summed E-state index contributed by atoms with van der Waals surface area (Å²) in [4.78, 5) is 4.67. The highest BCUT2D eigenvalue weighted by Gasteiger charge is 2.14. The maximum atomic E-state index is 4.67. The van der Waals surface area contributed by atoms with Crippen molar-refractivity contribution in [3.63, 3.8) is 0 Å². The molecule has 1 unspecified atom stereocenters. The van der Waals surface area contributed by atoms with Crippen molar-refractivity contribution >= 4 is 17.7 Å². The van der Waals surface area contributed by atoms with Crippen LogP contribution in [0.1, 0.15) is 32.5 Å². The number of thioether (sulfide) groups is 1. The lowest BCUT2D eigenvalue weighted by Crippen LogP contribution is -2.45. The molecule has 1 aromatic heterocycles. The molecule has 0 spiro atoms. The lowest BCUT2D eigenvalue weighted by molar-refractivity contribution is 0.579. The molecular weight excluding hydrogens is 284 g/mol. The van der Waals surface area contributed by atoms with Gasteiger partial charge in [0.05, 0.1) is 6.54 Å². The SMILES string of the molecule is CCNC(=NCCn1cnnc1CC)NC1CCCSC1. The topological polar surface area (TPSA) is 67.1 Å². The molecule has 21 heavy (non-hydrogen) atoms. The van der Waals surface area contributed by atoms with Crippen LogP contribution in [0.5, 0.6) is 0 Å². The van der Waals surface area contributed by atoms with Gasteiger partial charge in [0.15, 0.2) is 5.96 Å². The molecule has 1 fully saturated rings. The van der Waals surface area contributed by atoms with Crippen LogP contribution in [0.15, 0.2) is 11.3 Å². The van der Waals surface area contributed by atoms with Gasteiger partial charge in [-0.3, -0.25) is 4.99 Å². The van der Waals surface area contributed by atoms with Crippen LogP contribution in [0.2, 0.25) is 0 Å². The van der Waals surface area contributed by atoms with Gasteiger partial charge in [-0.15, -0.1) is 10.2 Å². The van der Waals surface area contributed by atoms with Crippen molar-refractivity contribution in [1.29, 1.82) is 0 Å². The summed E-state index contributed by atoms with van der Waals surface area (Å²) in [7, 11) is 0. The zero-order valence-corrected chi connectivity index (χ0v) is 13.8. The molecule has 1 aliphatic heterocycles. The van der Waals surface area contributed by atoms with Crippen LogP contribution in [0.25, 0.3) is 0 Å². The Morgan fingerprint density at radius 1 is 1.52 bits per heavy atom. The summed E-state index contributed by atoms with van der Waals surface area (Å²) in [6, 6.07) is 0.544. The quantitative estimate of drug-likeness (QED) is 0.612. The first-order valence-electron chi connectivity index (χ1n) is 7.82. The van der Waals surface area contributed by atoms with Gasteiger partial charge in [0, 0.05) is 31.3 Å². The van der Waals surface area contributed by atoms with E-state index in [4.69, 9.17) is 0 Å². The normalized spacial score (nSPS) is 19.5. The number of aryl methyl sites for hydroxylation is 1. The summed E-state index contributed by atoms with van der Waals surface area (Å²) < 4.78 is 2.07. The van der Waals surface area contributed by atoms with Crippen LogP contribution in [0.3, 0.4) is 0 Å². The largest absolute Gasteiger partial charge is 0.357 e. The Morgan fingerprint density at radius 3 is 3.14 bits per heavy atom. The smallest absolute Gasteiger partial charge is 0.191 e. The maximum Gasteiger partial charge on any atom is 0.191 e. The van der Waals surface area contributed by atoms with Crippen molar-refractivity contribution in [2.75, 3.05) is 24.6 Å². The number of nitrogens with one attached hydrogen (secondary N) is 2. The lowest BCUT2D eigenvalue weighted by Gasteiger charge is -2.24. The number of hydrogen-bond acceptors (Lipinski definition) is 4. The minimum atomic E-state index is 0.544. The molecule has 1 atom stereocenters. The molecule has 0 radical (unpaired) electrons. The summed E-state index contributed by atoms with van der Waals surface area (Å²) in [5.74, 6) is 4.41. The molecule has 0 aliphatic carbocycles. The van der Waals surface area contributed by atoms with Gasteiger partial charge in [0.2, 0.25) is 0 Å². The number of nitrogens with zero attached hydrogens (tertiary/aromatic N) is 4. The molecule has 0 aromatic carbocycles. The molecule has 1 aromatic rings. The number of rotatable bonds is 6. The van der Waals surface area contributed by atoms with Crippen molar-refractivity contribution < 1.29 is 0 Å². The lowest BCUT2D eigenvalue weighted by atomic mass is 10.2. The second-order valence-corrected chi connectivity index (χ2v) is 6.26. The summed E-state index contributed by atoms with van der Waals surface area (Å²) in [5, 5.41) is 14.9. The molecule has 6 nitrogen and oxygen atoms in total. The Bertz CT molecular complexity index is 438. The van der Waals surface area contributed by atoms with Gasteiger partial charge < -0.3 is 15.2 Å². The first-order chi connectivity index (χ1) is 10.3. The molecule has 0 bridgehead atoms. The molecule has 1 aliphatic rings. The third-order valence-electron chi connectivity index (χ3n) is 3.47. The van der Waals surface area contributed by atoms with Crippen molar-refractivity contribution in [2.45, 2.75) is 45.7 Å². The van der Waals surface area contributed by atoms with Gasteiger partial charge in [-0.25, -0.2) is 0 Å². The Balaban J connectivity index is 1.84. The summed E-state index contributed by atoms with van der Waals surface area (Å²) in [6.45, 7) is 6.64. The standard InChI is InChI=1S/C14H26N6S/c1-3-13-19-17-11-20(13)8-7-16-14(15-4-2)18-12-6-5-9-21-10-12/h11-12H,3-10H2,1-2H3,(H2,15,16,18). The first kappa shape index (κ1) is 16.1. The third kappa shape index (κ3) is 5.22. The van der Waals surface area contributed by atoms with Crippen molar-refractivity contribution in [3.05, 3.63) is 12.2 Å². The maximum absolute atomic E-state index is 4.67. The van der Waals surface area contributed by atoms with E-state index in [1.165, 1.54) is 24.3 Å². The molecule has 118 valence electrons. The average Bonchev–Trinajstić information content (AvgIpc) is 2.96. The highest BCUT2D eigenvalue weighted by molar-refractivity contribution is 7.99. The molecule has 2 rings (SSSR count). The van der Waals surface area contributed by atoms with Crippen LogP contribution >= 0.6 is 11.8 Å². The number of aliphatic imine (C=N–C) groups is 1. The van der Waals surface area contributed by atoms with Crippen LogP contribution in [-0.2, 0) is 13.0 Å². The van der Waals surface area contributed by atoms with Crippen molar-refractivity contribution in [2.24, 2.45) is 4.99 Å². The van der Waals surface area contributed by atoms with E-state index >= 15 is 0 Å². The van der Waals surface area contributed by atoms with E-state index < -0.39 is 0 Å². The minimum Gasteiger partial charge on any atom is -0.357 e. The Morgan fingerprint density at radius 2 is 2.43 bits per heavy atom. The van der Waals surface area contributed by atoms with Gasteiger partial charge >= 0.3 is 0 Å². The predicted molar refractivity (Wildman–Crippen MR) is 88.9 cm³/mol. The highest BCUT2D eigenvalue weighted by atomic mass is 32.2. The Labute approximate surface area is 131 Å². The second kappa shape index (κ2) is 8.92. The molecule has 2 N–H and O–H groups in total. The van der Waals surface area contributed by atoms with Crippen molar-refractivity contribution in [1.82, 2.24) is 25.4 Å². The van der Waals surface area contributed by atoms with Crippen LogP contribution in [0.4, 0.5) is 0 Å². The molecule has 1 saturated heterocycles. The number of guanidine groups is 1. The molecule has 0 saturated carbocycles. The van der Waals surface area contributed by atoms with E-state index in [0.717, 1.165) is 37.8 Å². The number of hydrogen-bond donors (Lipinski definition) is 2. The van der Waals surface area contributed by atoms with Crippen LogP contribution in [-0.4, -0.2) is 51.4 Å². The van der Waals surface area contributed by atoms with E-state index in [0.29, 0.717) is 6.04 Å². The van der Waals surface area contributed by atoms with Gasteiger partial charge in [-0.05, 0) is 25.5 Å². The zero-order valence-electron chi connectivity index (χ0n) is 13.0. The molecule has 2 heterocycles. The second-order valence-electron chi connectivity index (χ2n) is 5.11. The summed E-state index contributed by atoms with van der Waals surface area (Å²) >= 11 is 2.02. The Kier molecular flexibility index (Phi) is 6.85. The van der Waals surface area contributed by atoms with E-state index in [1.54, 1.807) is 6.33 Å². The highest BCUT2D eigenvalue weighted by Crippen LogP contribution is 2.16. The van der Waals surface area contributed by atoms with E-state index in [2.05, 4.69) is 44.2 Å². The third-order valence-corrected chi connectivity index (χ3v) is 4.68. The minimum absolute atomic E-state index is 0.544. The fourth-order valence-electron chi connectivity index (χ4n) is 2.38. The summed E-state index contributed by atoms with van der Waals surface area (Å²) in [6.07, 6.45) is 5.22. The summed E-state index contributed by atoms with van der Waals surface area (Å²) in [5.41, 5.74) is 0. The fraction of sp³-hybridized carbons (Fsp3) is 0.786. The van der Waals surface area contributed by atoms with Crippen LogP contribution < -0.4 is 10.6 Å². The van der Waals surface area contributed by atoms with Gasteiger partial charge in [-0.1, -0.05) is 6.92 Å². The molecule has 0 amide bonds. The van der Waals surface area contributed by atoms with E-state index in [1.807, 2.05) is 11.8 Å². The molecular formula is C14H26N6S. The van der Waals surface area contributed by atoms with E-state index in [-0.39, 0.29) is 0 Å².